The fourth-order valence-electron chi connectivity index (χ4n) is 2.82. The zero-order valence-electron chi connectivity index (χ0n) is 11.5. The molecule has 20 heavy (non-hydrogen) atoms. The molecule has 2 aromatic rings. The average Bonchev–Trinajstić information content (AvgIpc) is 2.46. The monoisotopic (exact) mass is 273 g/mol. The number of nitrogens with zero attached hydrogens (tertiary/aromatic N) is 2. The molecule has 3 rings (SSSR count). The van der Waals surface area contributed by atoms with Crippen LogP contribution in [0.1, 0.15) is 6.92 Å². The predicted molar refractivity (Wildman–Crippen MR) is 79.8 cm³/mol. The van der Waals surface area contributed by atoms with Crippen molar-refractivity contribution in [3.63, 3.8) is 0 Å². The molecule has 1 aliphatic rings. The molecule has 0 saturated carbocycles. The lowest BCUT2D eigenvalue weighted by atomic mass is 10.1. The zero-order valence-corrected chi connectivity index (χ0v) is 11.5. The Kier molecular flexibility index (Phi) is 3.46. The van der Waals surface area contributed by atoms with E-state index in [2.05, 4.69) is 9.88 Å². The second kappa shape index (κ2) is 5.26. The van der Waals surface area contributed by atoms with Crippen molar-refractivity contribution in [3.05, 3.63) is 30.5 Å². The number of hydrogen-bond acceptors (Lipinski definition) is 5. The summed E-state index contributed by atoms with van der Waals surface area (Å²) in [5, 5.41) is 10.4. The molecule has 2 heterocycles. The number of rotatable bonds is 2. The molecule has 0 spiro atoms. The number of nitrogen functional groups attached to an aromatic ring is 1. The number of hydrogen-bond donors (Lipinski definition) is 2. The Morgan fingerprint density at radius 1 is 1.40 bits per heavy atom. The van der Waals surface area contributed by atoms with Gasteiger partial charge in [0.15, 0.2) is 0 Å². The van der Waals surface area contributed by atoms with Gasteiger partial charge in [0.05, 0.1) is 41.9 Å². The van der Waals surface area contributed by atoms with Crippen LogP contribution in [0.4, 0.5) is 11.4 Å². The highest BCUT2D eigenvalue weighted by atomic mass is 16.5. The van der Waals surface area contributed by atoms with Crippen LogP contribution >= 0.6 is 0 Å². The molecule has 0 radical (unpaired) electrons. The molecule has 1 aliphatic heterocycles. The van der Waals surface area contributed by atoms with Gasteiger partial charge in [0.25, 0.3) is 0 Å². The Bertz CT molecular complexity index is 617. The lowest BCUT2D eigenvalue weighted by molar-refractivity contribution is -0.0420. The maximum atomic E-state index is 9.36. The van der Waals surface area contributed by atoms with Crippen LogP contribution in [-0.2, 0) is 4.74 Å². The highest BCUT2D eigenvalue weighted by Gasteiger charge is 2.27. The Hall–Kier alpha value is -1.85. The Morgan fingerprint density at radius 3 is 3.00 bits per heavy atom. The van der Waals surface area contributed by atoms with Gasteiger partial charge in [0.2, 0.25) is 0 Å². The van der Waals surface area contributed by atoms with Gasteiger partial charge in [-0.1, -0.05) is 18.2 Å². The number of aliphatic hydroxyl groups is 1. The summed E-state index contributed by atoms with van der Waals surface area (Å²) >= 11 is 0. The minimum atomic E-state index is -0.176. The van der Waals surface area contributed by atoms with E-state index in [0.29, 0.717) is 12.2 Å². The van der Waals surface area contributed by atoms with Crippen molar-refractivity contribution >= 4 is 22.3 Å². The first kappa shape index (κ1) is 13.1. The average molecular weight is 273 g/mol. The Balaban J connectivity index is 2.06. The number of para-hydroxylation sites is 1. The van der Waals surface area contributed by atoms with E-state index in [9.17, 15) is 5.11 Å². The number of benzene rings is 1. The van der Waals surface area contributed by atoms with E-state index in [0.717, 1.165) is 23.1 Å². The second-order valence-corrected chi connectivity index (χ2v) is 5.24. The quantitative estimate of drug-likeness (QED) is 0.865. The third-order valence-electron chi connectivity index (χ3n) is 3.62. The van der Waals surface area contributed by atoms with Gasteiger partial charge >= 0.3 is 0 Å². The normalized spacial score (nSPS) is 23.2. The summed E-state index contributed by atoms with van der Waals surface area (Å²) in [7, 11) is 0. The molecule has 106 valence electrons. The van der Waals surface area contributed by atoms with Gasteiger partial charge in [-0.3, -0.25) is 4.98 Å². The second-order valence-electron chi connectivity index (χ2n) is 5.24. The van der Waals surface area contributed by atoms with E-state index in [4.69, 9.17) is 10.5 Å². The smallest absolute Gasteiger partial charge is 0.0984 e. The molecular formula is C15H19N3O2. The minimum Gasteiger partial charge on any atom is -0.396 e. The van der Waals surface area contributed by atoms with Crippen molar-refractivity contribution in [2.45, 2.75) is 19.1 Å². The number of pyridine rings is 1. The van der Waals surface area contributed by atoms with Gasteiger partial charge in [-0.05, 0) is 13.0 Å². The molecule has 1 fully saturated rings. The molecular weight excluding hydrogens is 254 g/mol. The standard InChI is InChI=1S/C15H19N3O2/c1-10-7-18(8-11(9-19)20-10)15-12-4-2-3-5-14(12)17-6-13(15)16/h2-6,10-11,19H,7-9,16H2,1H3. The molecule has 1 aromatic heterocycles. The van der Waals surface area contributed by atoms with Crippen molar-refractivity contribution in [2.75, 3.05) is 30.3 Å². The van der Waals surface area contributed by atoms with E-state index in [1.54, 1.807) is 6.20 Å². The highest BCUT2D eigenvalue weighted by Crippen LogP contribution is 2.33. The molecule has 5 nitrogen and oxygen atoms in total. The summed E-state index contributed by atoms with van der Waals surface area (Å²) < 4.78 is 5.69. The van der Waals surface area contributed by atoms with Gasteiger partial charge in [0.1, 0.15) is 0 Å². The first-order chi connectivity index (χ1) is 9.69. The van der Waals surface area contributed by atoms with Crippen LogP contribution in [0.25, 0.3) is 10.9 Å². The molecule has 5 heteroatoms. The molecule has 3 N–H and O–H groups in total. The summed E-state index contributed by atoms with van der Waals surface area (Å²) in [5.41, 5.74) is 8.72. The molecule has 1 aromatic carbocycles. The molecule has 2 unspecified atom stereocenters. The largest absolute Gasteiger partial charge is 0.396 e. The number of nitrogens with two attached hydrogens (primary N) is 1. The lowest BCUT2D eigenvalue weighted by Crippen LogP contribution is -2.48. The van der Waals surface area contributed by atoms with E-state index in [1.807, 2.05) is 31.2 Å². The number of aromatic nitrogens is 1. The molecule has 0 aliphatic carbocycles. The third-order valence-corrected chi connectivity index (χ3v) is 3.62. The summed E-state index contributed by atoms with van der Waals surface area (Å²) in [6.45, 7) is 3.42. The van der Waals surface area contributed by atoms with Gasteiger partial charge in [-0.15, -0.1) is 0 Å². The highest BCUT2D eigenvalue weighted by molar-refractivity contribution is 5.97. The van der Waals surface area contributed by atoms with Crippen LogP contribution in [0.3, 0.4) is 0 Å². The number of ether oxygens (including phenoxy) is 1. The zero-order chi connectivity index (χ0) is 14.1. The number of morpholine rings is 1. The van der Waals surface area contributed by atoms with Crippen LogP contribution in [0, 0.1) is 0 Å². The summed E-state index contributed by atoms with van der Waals surface area (Å²) in [6.07, 6.45) is 1.59. The van der Waals surface area contributed by atoms with Gasteiger partial charge in [0, 0.05) is 18.5 Å². The lowest BCUT2D eigenvalue weighted by Gasteiger charge is -2.38. The maximum Gasteiger partial charge on any atom is 0.0984 e. The van der Waals surface area contributed by atoms with Crippen LogP contribution in [0.5, 0.6) is 0 Å². The minimum absolute atomic E-state index is 0.0176. The summed E-state index contributed by atoms with van der Waals surface area (Å²) in [5.74, 6) is 0. The maximum absolute atomic E-state index is 9.36. The van der Waals surface area contributed by atoms with E-state index < -0.39 is 0 Å². The fourth-order valence-corrected chi connectivity index (χ4v) is 2.82. The number of aliphatic hydroxyl groups excluding tert-OH is 1. The first-order valence-corrected chi connectivity index (χ1v) is 6.83. The van der Waals surface area contributed by atoms with Crippen LogP contribution in [0.2, 0.25) is 0 Å². The van der Waals surface area contributed by atoms with E-state index >= 15 is 0 Å². The Labute approximate surface area is 118 Å². The van der Waals surface area contributed by atoms with E-state index in [1.165, 1.54) is 0 Å². The molecule has 0 bridgehead atoms. The molecule has 2 atom stereocenters. The van der Waals surface area contributed by atoms with Crippen molar-refractivity contribution in [3.8, 4) is 0 Å². The predicted octanol–water partition coefficient (Wildman–Crippen LogP) is 1.40. The van der Waals surface area contributed by atoms with Crippen molar-refractivity contribution in [1.29, 1.82) is 0 Å². The third kappa shape index (κ3) is 2.30. The fraction of sp³-hybridized carbons (Fsp3) is 0.400. The number of anilines is 2. The van der Waals surface area contributed by atoms with Crippen LogP contribution in [-0.4, -0.2) is 42.0 Å². The van der Waals surface area contributed by atoms with E-state index in [-0.39, 0.29) is 18.8 Å². The summed E-state index contributed by atoms with van der Waals surface area (Å²) in [4.78, 5) is 6.55. The first-order valence-electron chi connectivity index (χ1n) is 6.83. The number of fused-ring (bicyclic) bond motifs is 1. The molecule has 0 amide bonds. The summed E-state index contributed by atoms with van der Waals surface area (Å²) in [6, 6.07) is 7.96. The van der Waals surface area contributed by atoms with Gasteiger partial charge in [-0.2, -0.15) is 0 Å². The van der Waals surface area contributed by atoms with Crippen LogP contribution < -0.4 is 10.6 Å². The SMILES string of the molecule is CC1CN(c2c(N)cnc3ccccc23)CC(CO)O1. The van der Waals surface area contributed by atoms with Crippen molar-refractivity contribution in [2.24, 2.45) is 0 Å². The van der Waals surface area contributed by atoms with Crippen LogP contribution in [0.15, 0.2) is 30.5 Å². The van der Waals surface area contributed by atoms with Gasteiger partial charge in [-0.25, -0.2) is 0 Å². The molecule has 1 saturated heterocycles. The van der Waals surface area contributed by atoms with Gasteiger partial charge < -0.3 is 20.5 Å². The van der Waals surface area contributed by atoms with Crippen molar-refractivity contribution in [1.82, 2.24) is 4.98 Å². The van der Waals surface area contributed by atoms with Crippen molar-refractivity contribution < 1.29 is 9.84 Å². The Morgan fingerprint density at radius 2 is 2.20 bits per heavy atom. The topological polar surface area (TPSA) is 71.6 Å².